The second-order valence-corrected chi connectivity index (χ2v) is 9.65. The van der Waals surface area contributed by atoms with Crippen LogP contribution in [0.1, 0.15) is 21.5 Å². The summed E-state index contributed by atoms with van der Waals surface area (Å²) < 4.78 is 19.4. The highest BCUT2D eigenvalue weighted by molar-refractivity contribution is 6.06. The predicted molar refractivity (Wildman–Crippen MR) is 152 cm³/mol. The van der Waals surface area contributed by atoms with Crippen LogP contribution in [-0.4, -0.2) is 54.0 Å². The van der Waals surface area contributed by atoms with E-state index in [-0.39, 0.29) is 23.2 Å². The van der Waals surface area contributed by atoms with Crippen molar-refractivity contribution in [2.75, 3.05) is 48.8 Å². The summed E-state index contributed by atoms with van der Waals surface area (Å²) in [6.45, 7) is 7.90. The molecule has 0 unspecified atom stereocenters. The number of halogens is 1. The van der Waals surface area contributed by atoms with E-state index < -0.39 is 5.91 Å². The molecule has 1 saturated heterocycles. The molecule has 0 spiro atoms. The molecule has 4 aromatic rings. The number of carbonyl (C=O) groups excluding carboxylic acids is 1. The summed E-state index contributed by atoms with van der Waals surface area (Å²) in [7, 11) is 2.14. The second kappa shape index (κ2) is 11.5. The molecule has 1 fully saturated rings. The maximum atomic E-state index is 13.5. The third kappa shape index (κ3) is 6.32. The number of aromatic nitrogens is 2. The van der Waals surface area contributed by atoms with E-state index in [1.54, 1.807) is 0 Å². The number of benzene rings is 3. The molecule has 1 aliphatic heterocycles. The highest BCUT2D eigenvalue weighted by Gasteiger charge is 2.19. The Morgan fingerprint density at radius 3 is 2.26 bits per heavy atom. The standard InChI is InChI=1S/C30H31FN6O2/c1-20-5-4-6-21(2)27(20)34-28(38)26-19-32-30(35-29(26)39-25-13-7-22(31)8-14-25)33-23-9-11-24(12-10-23)37-17-15-36(3)16-18-37/h4-14,19H,15-18H2,1-3H3,(H,34,38)(H,32,33,35). The number of ether oxygens (including phenoxy) is 1. The first-order valence-corrected chi connectivity index (χ1v) is 12.8. The van der Waals surface area contributed by atoms with Crippen molar-refractivity contribution < 1.29 is 13.9 Å². The smallest absolute Gasteiger partial charge is 0.262 e. The summed E-state index contributed by atoms with van der Waals surface area (Å²) in [6.07, 6.45) is 1.43. The van der Waals surface area contributed by atoms with Gasteiger partial charge in [-0.3, -0.25) is 4.79 Å². The van der Waals surface area contributed by atoms with Gasteiger partial charge in [-0.1, -0.05) is 18.2 Å². The first-order valence-electron chi connectivity index (χ1n) is 12.8. The summed E-state index contributed by atoms with van der Waals surface area (Å²) in [4.78, 5) is 26.9. The van der Waals surface area contributed by atoms with Crippen molar-refractivity contribution in [1.29, 1.82) is 0 Å². The second-order valence-electron chi connectivity index (χ2n) is 9.65. The number of likely N-dealkylation sites (N-methyl/N-ethyl adjacent to an activating group) is 1. The minimum absolute atomic E-state index is 0.0527. The van der Waals surface area contributed by atoms with Crippen LogP contribution in [0.2, 0.25) is 0 Å². The summed E-state index contributed by atoms with van der Waals surface area (Å²) >= 11 is 0. The Hall–Kier alpha value is -4.50. The first-order chi connectivity index (χ1) is 18.9. The SMILES string of the molecule is Cc1cccc(C)c1NC(=O)c1cnc(Nc2ccc(N3CCN(C)CC3)cc2)nc1Oc1ccc(F)cc1. The third-order valence-electron chi connectivity index (χ3n) is 6.74. The number of hydrogen-bond acceptors (Lipinski definition) is 7. The maximum absolute atomic E-state index is 13.5. The maximum Gasteiger partial charge on any atom is 0.262 e. The number of nitrogens with one attached hydrogen (secondary N) is 2. The molecule has 5 rings (SSSR count). The average Bonchev–Trinajstić information content (AvgIpc) is 2.93. The molecule has 1 aliphatic rings. The molecule has 3 aromatic carbocycles. The van der Waals surface area contributed by atoms with E-state index in [0.29, 0.717) is 5.75 Å². The monoisotopic (exact) mass is 526 g/mol. The summed E-state index contributed by atoms with van der Waals surface area (Å²) in [5.74, 6) is -0.133. The van der Waals surface area contributed by atoms with Gasteiger partial charge < -0.3 is 25.2 Å². The molecule has 0 saturated carbocycles. The molecule has 8 nitrogen and oxygen atoms in total. The van der Waals surface area contributed by atoms with Gasteiger partial charge in [-0.05, 0) is 80.6 Å². The lowest BCUT2D eigenvalue weighted by Gasteiger charge is -2.34. The van der Waals surface area contributed by atoms with Crippen molar-refractivity contribution in [2.24, 2.45) is 0 Å². The Morgan fingerprint density at radius 2 is 1.59 bits per heavy atom. The zero-order valence-corrected chi connectivity index (χ0v) is 22.2. The number of nitrogens with zero attached hydrogens (tertiary/aromatic N) is 4. The predicted octanol–water partition coefficient (Wildman–Crippen LogP) is 5.77. The minimum Gasteiger partial charge on any atom is -0.438 e. The van der Waals surface area contributed by atoms with Crippen molar-refractivity contribution in [2.45, 2.75) is 13.8 Å². The van der Waals surface area contributed by atoms with Gasteiger partial charge in [-0.2, -0.15) is 4.98 Å². The number of carbonyl (C=O) groups is 1. The molecule has 0 bridgehead atoms. The van der Waals surface area contributed by atoms with Gasteiger partial charge in [0.15, 0.2) is 0 Å². The van der Waals surface area contributed by atoms with Crippen LogP contribution in [0, 0.1) is 19.7 Å². The van der Waals surface area contributed by atoms with Gasteiger partial charge in [0, 0.05) is 49.4 Å². The topological polar surface area (TPSA) is 82.6 Å². The number of anilines is 4. The van der Waals surface area contributed by atoms with Gasteiger partial charge in [0.25, 0.3) is 5.91 Å². The van der Waals surface area contributed by atoms with Crippen molar-refractivity contribution in [3.8, 4) is 11.6 Å². The molecular weight excluding hydrogens is 495 g/mol. The molecule has 1 aromatic heterocycles. The summed E-state index contributed by atoms with van der Waals surface area (Å²) in [5.41, 5.74) is 4.70. The molecule has 200 valence electrons. The van der Waals surface area contributed by atoms with Gasteiger partial charge in [0.1, 0.15) is 17.1 Å². The number of piperazine rings is 1. The lowest BCUT2D eigenvalue weighted by Crippen LogP contribution is -2.44. The lowest BCUT2D eigenvalue weighted by atomic mass is 10.1. The van der Waals surface area contributed by atoms with Crippen molar-refractivity contribution >= 4 is 28.9 Å². The van der Waals surface area contributed by atoms with Crippen molar-refractivity contribution in [3.05, 3.63) is 95.4 Å². The normalized spacial score (nSPS) is 13.7. The van der Waals surface area contributed by atoms with E-state index in [4.69, 9.17) is 4.74 Å². The Morgan fingerprint density at radius 1 is 0.923 bits per heavy atom. The zero-order valence-electron chi connectivity index (χ0n) is 22.2. The van der Waals surface area contributed by atoms with Crippen LogP contribution in [0.5, 0.6) is 11.6 Å². The lowest BCUT2D eigenvalue weighted by molar-refractivity contribution is 0.102. The fourth-order valence-electron chi connectivity index (χ4n) is 4.42. The highest BCUT2D eigenvalue weighted by atomic mass is 19.1. The van der Waals surface area contributed by atoms with E-state index in [0.717, 1.165) is 54.4 Å². The first kappa shape index (κ1) is 26.1. The summed E-state index contributed by atoms with van der Waals surface area (Å²) in [6, 6.07) is 19.4. The molecule has 1 amide bonds. The number of amides is 1. The molecule has 39 heavy (non-hydrogen) atoms. The largest absolute Gasteiger partial charge is 0.438 e. The third-order valence-corrected chi connectivity index (χ3v) is 6.74. The van der Waals surface area contributed by atoms with Crippen LogP contribution in [0.4, 0.5) is 27.4 Å². The summed E-state index contributed by atoms with van der Waals surface area (Å²) in [5, 5.41) is 6.14. The fourth-order valence-corrected chi connectivity index (χ4v) is 4.42. The Balaban J connectivity index is 1.38. The van der Waals surface area contributed by atoms with E-state index in [9.17, 15) is 9.18 Å². The molecule has 0 atom stereocenters. The van der Waals surface area contributed by atoms with E-state index in [1.165, 1.54) is 30.5 Å². The van der Waals surface area contributed by atoms with Gasteiger partial charge in [0.2, 0.25) is 11.8 Å². The van der Waals surface area contributed by atoms with Crippen LogP contribution >= 0.6 is 0 Å². The van der Waals surface area contributed by atoms with Gasteiger partial charge >= 0.3 is 0 Å². The Labute approximate surface area is 227 Å². The van der Waals surface area contributed by atoms with E-state index in [1.807, 2.05) is 44.2 Å². The quantitative estimate of drug-likeness (QED) is 0.316. The molecule has 0 radical (unpaired) electrons. The fraction of sp³-hybridized carbons (Fsp3) is 0.233. The van der Waals surface area contributed by atoms with E-state index in [2.05, 4.69) is 49.6 Å². The Kier molecular flexibility index (Phi) is 7.69. The number of aryl methyl sites for hydroxylation is 2. The average molecular weight is 527 g/mol. The Bertz CT molecular complexity index is 1430. The van der Waals surface area contributed by atoms with Gasteiger partial charge in [-0.25, -0.2) is 9.37 Å². The zero-order chi connectivity index (χ0) is 27.4. The molecular formula is C30H31FN6O2. The molecule has 2 N–H and O–H groups in total. The number of rotatable bonds is 7. The van der Waals surface area contributed by atoms with Gasteiger partial charge in [-0.15, -0.1) is 0 Å². The number of hydrogen-bond donors (Lipinski definition) is 2. The van der Waals surface area contributed by atoms with Gasteiger partial charge in [0.05, 0.1) is 0 Å². The van der Waals surface area contributed by atoms with Crippen LogP contribution in [0.3, 0.4) is 0 Å². The molecule has 2 heterocycles. The van der Waals surface area contributed by atoms with Crippen LogP contribution in [-0.2, 0) is 0 Å². The number of para-hydroxylation sites is 1. The molecule has 0 aliphatic carbocycles. The van der Waals surface area contributed by atoms with Crippen LogP contribution in [0.15, 0.2) is 72.9 Å². The van der Waals surface area contributed by atoms with Crippen LogP contribution < -0.4 is 20.3 Å². The van der Waals surface area contributed by atoms with E-state index >= 15 is 0 Å². The molecule has 9 heteroatoms. The van der Waals surface area contributed by atoms with Crippen molar-refractivity contribution in [3.63, 3.8) is 0 Å². The minimum atomic E-state index is -0.410. The highest BCUT2D eigenvalue weighted by Crippen LogP contribution is 2.28. The van der Waals surface area contributed by atoms with Crippen molar-refractivity contribution in [1.82, 2.24) is 14.9 Å². The van der Waals surface area contributed by atoms with Crippen LogP contribution in [0.25, 0.3) is 0 Å².